The maximum Gasteiger partial charge on any atom is 0.0661 e. The van der Waals surface area contributed by atoms with E-state index < -0.39 is 0 Å². The Balaban J connectivity index is 1.84. The molecule has 2 rings (SSSR count). The largest absolute Gasteiger partial charge is 0.377 e. The first-order valence-electron chi connectivity index (χ1n) is 7.61. The van der Waals surface area contributed by atoms with Crippen LogP contribution in [0.5, 0.6) is 0 Å². The smallest absolute Gasteiger partial charge is 0.0661 e. The first-order chi connectivity index (χ1) is 8.26. The lowest BCUT2D eigenvalue weighted by atomic mass is 9.58. The van der Waals surface area contributed by atoms with Crippen LogP contribution in [0.3, 0.4) is 0 Å². The van der Waals surface area contributed by atoms with Crippen LogP contribution in [0.25, 0.3) is 0 Å². The van der Waals surface area contributed by atoms with Crippen molar-refractivity contribution in [3.63, 3.8) is 0 Å². The molecule has 2 aliphatic carbocycles. The number of ether oxygens (including phenoxy) is 1. The third kappa shape index (κ3) is 2.68. The van der Waals surface area contributed by atoms with Crippen LogP contribution < -0.4 is 5.32 Å². The van der Waals surface area contributed by atoms with E-state index in [1.54, 1.807) is 0 Å². The molecule has 0 amide bonds. The summed E-state index contributed by atoms with van der Waals surface area (Å²) >= 11 is 0. The number of hydrogen-bond donors (Lipinski definition) is 1. The van der Waals surface area contributed by atoms with Gasteiger partial charge in [-0.2, -0.15) is 0 Å². The first kappa shape index (κ1) is 13.4. The van der Waals surface area contributed by atoms with Gasteiger partial charge in [-0.15, -0.1) is 0 Å². The molecule has 2 atom stereocenters. The van der Waals surface area contributed by atoms with E-state index in [9.17, 15) is 0 Å². The first-order valence-corrected chi connectivity index (χ1v) is 7.61. The quantitative estimate of drug-likeness (QED) is 0.701. The molecule has 0 aromatic heterocycles. The van der Waals surface area contributed by atoms with Crippen molar-refractivity contribution >= 4 is 0 Å². The molecule has 0 bridgehead atoms. The molecule has 17 heavy (non-hydrogen) atoms. The zero-order valence-corrected chi connectivity index (χ0v) is 11.8. The van der Waals surface area contributed by atoms with Crippen LogP contribution in [-0.2, 0) is 4.74 Å². The minimum Gasteiger partial charge on any atom is -0.377 e. The van der Waals surface area contributed by atoms with E-state index in [0.717, 1.165) is 19.1 Å². The molecule has 2 unspecified atom stereocenters. The Morgan fingerprint density at radius 3 is 2.41 bits per heavy atom. The molecular formula is C15H29NO. The van der Waals surface area contributed by atoms with Crippen molar-refractivity contribution in [1.82, 2.24) is 5.32 Å². The van der Waals surface area contributed by atoms with Crippen LogP contribution in [0.4, 0.5) is 0 Å². The molecule has 0 aromatic carbocycles. The monoisotopic (exact) mass is 239 g/mol. The molecule has 0 spiro atoms. The lowest BCUT2D eigenvalue weighted by molar-refractivity contribution is -0.142. The summed E-state index contributed by atoms with van der Waals surface area (Å²) in [6.07, 6.45) is 8.28. The van der Waals surface area contributed by atoms with Crippen molar-refractivity contribution in [2.75, 3.05) is 13.2 Å². The SMILES string of the molecule is CCCNC1CC(OCC2CC2)C1(CC)CC. The maximum absolute atomic E-state index is 6.17. The summed E-state index contributed by atoms with van der Waals surface area (Å²) in [4.78, 5) is 0. The zero-order chi connectivity index (χ0) is 12.3. The highest BCUT2D eigenvalue weighted by Crippen LogP contribution is 2.49. The van der Waals surface area contributed by atoms with Crippen LogP contribution in [0.2, 0.25) is 0 Å². The minimum absolute atomic E-state index is 0.421. The summed E-state index contributed by atoms with van der Waals surface area (Å²) in [5.74, 6) is 0.893. The van der Waals surface area contributed by atoms with E-state index >= 15 is 0 Å². The van der Waals surface area contributed by atoms with Gasteiger partial charge in [0.15, 0.2) is 0 Å². The normalized spacial score (nSPS) is 31.2. The lowest BCUT2D eigenvalue weighted by Gasteiger charge is -2.55. The third-order valence-electron chi connectivity index (χ3n) is 4.97. The second-order valence-electron chi connectivity index (χ2n) is 5.95. The van der Waals surface area contributed by atoms with E-state index in [1.807, 2.05) is 0 Å². The van der Waals surface area contributed by atoms with Gasteiger partial charge in [-0.3, -0.25) is 0 Å². The molecule has 1 N–H and O–H groups in total. The molecule has 0 radical (unpaired) electrons. The van der Waals surface area contributed by atoms with Gasteiger partial charge < -0.3 is 10.1 Å². The Labute approximate surface area is 107 Å². The Bertz CT molecular complexity index is 233. The molecular weight excluding hydrogens is 210 g/mol. The minimum atomic E-state index is 0.421. The van der Waals surface area contributed by atoms with Gasteiger partial charge in [-0.05, 0) is 51.0 Å². The average molecular weight is 239 g/mol. The second kappa shape index (κ2) is 5.71. The summed E-state index contributed by atoms with van der Waals surface area (Å²) in [6.45, 7) is 9.08. The molecule has 2 saturated carbocycles. The fraction of sp³-hybridized carbons (Fsp3) is 1.00. The third-order valence-corrected chi connectivity index (χ3v) is 4.97. The van der Waals surface area contributed by atoms with E-state index in [4.69, 9.17) is 4.74 Å². The number of hydrogen-bond acceptors (Lipinski definition) is 2. The van der Waals surface area contributed by atoms with Gasteiger partial charge >= 0.3 is 0 Å². The lowest BCUT2D eigenvalue weighted by Crippen LogP contribution is -2.63. The van der Waals surface area contributed by atoms with Crippen molar-refractivity contribution in [2.45, 2.75) is 71.4 Å². The highest BCUT2D eigenvalue weighted by Gasteiger charge is 2.53. The van der Waals surface area contributed by atoms with Gasteiger partial charge in [0.1, 0.15) is 0 Å². The Morgan fingerprint density at radius 1 is 1.18 bits per heavy atom. The molecule has 2 fully saturated rings. The predicted molar refractivity (Wildman–Crippen MR) is 72.2 cm³/mol. The molecule has 0 aromatic rings. The molecule has 0 heterocycles. The summed E-state index contributed by atoms with van der Waals surface area (Å²) < 4.78 is 6.17. The van der Waals surface area contributed by atoms with Gasteiger partial charge in [0.25, 0.3) is 0 Å². The standard InChI is InChI=1S/C15H29NO/c1-4-9-16-13-10-14(15(13,5-2)6-3)17-11-12-7-8-12/h12-14,16H,4-11H2,1-3H3. The molecule has 2 nitrogen and oxygen atoms in total. The van der Waals surface area contributed by atoms with Crippen LogP contribution in [0.15, 0.2) is 0 Å². The summed E-state index contributed by atoms with van der Waals surface area (Å²) in [7, 11) is 0. The fourth-order valence-electron chi connectivity index (χ4n) is 3.32. The van der Waals surface area contributed by atoms with Gasteiger partial charge in [-0.25, -0.2) is 0 Å². The highest BCUT2D eigenvalue weighted by molar-refractivity contribution is 5.06. The van der Waals surface area contributed by atoms with Crippen LogP contribution in [0, 0.1) is 11.3 Å². The van der Waals surface area contributed by atoms with Crippen molar-refractivity contribution in [1.29, 1.82) is 0 Å². The van der Waals surface area contributed by atoms with E-state index in [1.165, 1.54) is 38.5 Å². The molecule has 0 saturated heterocycles. The maximum atomic E-state index is 6.17. The van der Waals surface area contributed by atoms with Crippen LogP contribution in [-0.4, -0.2) is 25.3 Å². The average Bonchev–Trinajstić information content (AvgIpc) is 3.13. The number of rotatable bonds is 8. The number of nitrogens with one attached hydrogen (secondary N) is 1. The molecule has 2 heteroatoms. The van der Waals surface area contributed by atoms with Crippen molar-refractivity contribution in [3.8, 4) is 0 Å². The van der Waals surface area contributed by atoms with Crippen molar-refractivity contribution in [3.05, 3.63) is 0 Å². The summed E-state index contributed by atoms with van der Waals surface area (Å²) in [5.41, 5.74) is 0.421. The van der Waals surface area contributed by atoms with Gasteiger partial charge in [-0.1, -0.05) is 20.8 Å². The van der Waals surface area contributed by atoms with Crippen LogP contribution in [0.1, 0.15) is 59.3 Å². The van der Waals surface area contributed by atoms with E-state index in [2.05, 4.69) is 26.1 Å². The Kier molecular flexibility index (Phi) is 4.48. The predicted octanol–water partition coefficient (Wildman–Crippen LogP) is 3.36. The van der Waals surface area contributed by atoms with Crippen LogP contribution >= 0.6 is 0 Å². The molecule has 2 aliphatic rings. The Morgan fingerprint density at radius 2 is 1.88 bits per heavy atom. The summed E-state index contributed by atoms with van der Waals surface area (Å²) in [5, 5.41) is 3.71. The Hall–Kier alpha value is -0.0800. The van der Waals surface area contributed by atoms with Gasteiger partial charge in [0, 0.05) is 18.1 Å². The van der Waals surface area contributed by atoms with Gasteiger partial charge in [0.2, 0.25) is 0 Å². The topological polar surface area (TPSA) is 21.3 Å². The molecule has 0 aliphatic heterocycles. The van der Waals surface area contributed by atoms with E-state index in [0.29, 0.717) is 17.6 Å². The van der Waals surface area contributed by atoms with Gasteiger partial charge in [0.05, 0.1) is 6.10 Å². The van der Waals surface area contributed by atoms with Crippen molar-refractivity contribution in [2.24, 2.45) is 11.3 Å². The second-order valence-corrected chi connectivity index (χ2v) is 5.95. The van der Waals surface area contributed by atoms with Crippen molar-refractivity contribution < 1.29 is 4.74 Å². The highest BCUT2D eigenvalue weighted by atomic mass is 16.5. The fourth-order valence-corrected chi connectivity index (χ4v) is 3.32. The zero-order valence-electron chi connectivity index (χ0n) is 11.8. The van der Waals surface area contributed by atoms with E-state index in [-0.39, 0.29) is 0 Å². The molecule has 100 valence electrons. The summed E-state index contributed by atoms with van der Waals surface area (Å²) in [6, 6.07) is 0.696.